The number of allylic oxidation sites excluding steroid dienone is 1. The summed E-state index contributed by atoms with van der Waals surface area (Å²) in [5.74, 6) is 0.903. The fourth-order valence-corrected chi connectivity index (χ4v) is 4.03. The minimum atomic E-state index is -0.786. The van der Waals surface area contributed by atoms with Gasteiger partial charge in [-0.15, -0.1) is 0 Å². The molecule has 0 fully saturated rings. The van der Waals surface area contributed by atoms with Crippen LogP contribution in [0.4, 0.5) is 21.9 Å². The zero-order chi connectivity index (χ0) is 27.6. The molecule has 1 aliphatic rings. The number of phenolic OH excluding ortho intramolecular Hbond substituents is 1. The normalized spacial score (nSPS) is 13.6. The van der Waals surface area contributed by atoms with Crippen LogP contribution in [0, 0.1) is 0 Å². The minimum Gasteiger partial charge on any atom is -0.508 e. The summed E-state index contributed by atoms with van der Waals surface area (Å²) in [7, 11) is 0. The van der Waals surface area contributed by atoms with Crippen LogP contribution < -0.4 is 25.8 Å². The third kappa shape index (κ3) is 7.65. The van der Waals surface area contributed by atoms with Gasteiger partial charge in [0.05, 0.1) is 17.5 Å². The van der Waals surface area contributed by atoms with Crippen LogP contribution in [0.2, 0.25) is 0 Å². The van der Waals surface area contributed by atoms with Gasteiger partial charge in [0.1, 0.15) is 5.75 Å². The quantitative estimate of drug-likeness (QED) is 0.190. The molecule has 0 saturated carbocycles. The number of phenols is 1. The van der Waals surface area contributed by atoms with Crippen LogP contribution in [0.5, 0.6) is 17.2 Å². The Morgan fingerprint density at radius 3 is 2.59 bits per heavy atom. The van der Waals surface area contributed by atoms with E-state index in [1.54, 1.807) is 60.7 Å². The molecule has 0 aromatic heterocycles. The number of para-hydroxylation sites is 2. The molecule has 0 aliphatic carbocycles. The van der Waals surface area contributed by atoms with E-state index in [9.17, 15) is 14.7 Å². The molecule has 3 aromatic rings. The summed E-state index contributed by atoms with van der Waals surface area (Å²) in [6.45, 7) is 2.35. The zero-order valence-corrected chi connectivity index (χ0v) is 21.5. The number of hydrogen-bond donors (Lipinski definition) is 4. The highest BCUT2D eigenvalue weighted by Crippen LogP contribution is 2.35. The number of anilines is 3. The van der Waals surface area contributed by atoms with Crippen molar-refractivity contribution in [1.29, 1.82) is 0 Å². The Bertz CT molecular complexity index is 1310. The Morgan fingerprint density at radius 1 is 1.05 bits per heavy atom. The number of hydrogen-bond acceptors (Lipinski definition) is 8. The number of nitrogen functional groups attached to an aromatic ring is 1. The third-order valence-electron chi connectivity index (χ3n) is 5.90. The van der Waals surface area contributed by atoms with E-state index < -0.39 is 18.3 Å². The van der Waals surface area contributed by atoms with Crippen molar-refractivity contribution >= 4 is 29.1 Å². The van der Waals surface area contributed by atoms with Crippen molar-refractivity contribution in [2.24, 2.45) is 0 Å². The van der Waals surface area contributed by atoms with Crippen molar-refractivity contribution in [1.82, 2.24) is 0 Å². The first-order chi connectivity index (χ1) is 18.9. The van der Waals surface area contributed by atoms with E-state index in [1.165, 1.54) is 18.2 Å². The Balaban J connectivity index is 1.42. The fraction of sp³-hybridized carbons (Fsp3) is 0.241. The highest BCUT2D eigenvalue weighted by atomic mass is 16.7. The molecule has 1 heterocycles. The molecule has 0 radical (unpaired) electrons. The molecule has 0 saturated heterocycles. The van der Waals surface area contributed by atoms with Crippen LogP contribution in [0.15, 0.2) is 78.9 Å². The molecule has 0 spiro atoms. The Kier molecular flexibility index (Phi) is 9.25. The van der Waals surface area contributed by atoms with Crippen molar-refractivity contribution in [2.75, 3.05) is 29.8 Å². The van der Waals surface area contributed by atoms with E-state index in [1.807, 2.05) is 6.92 Å². The smallest absolute Gasteiger partial charge is 0.412 e. The lowest BCUT2D eigenvalue weighted by Crippen LogP contribution is -2.29. The summed E-state index contributed by atoms with van der Waals surface area (Å²) >= 11 is 0. The van der Waals surface area contributed by atoms with E-state index in [0.29, 0.717) is 53.6 Å². The molecule has 0 bridgehead atoms. The standard InChI is InChI=1S/C29H31N3O7/c1-2-36-25(9-5-6-10-27(34)32-23-8-4-3-7-22(23)30)28(19-11-14-21(33)15-12-19)39-29(35)31-20-13-16-24-26(17-20)38-18-37-24/h3-4,6-8,10-17,25,28,33H,2,5,9,18,30H2,1H3,(H,31,35)(H,32,34)/b10-6+/t25-,28-/m1/s1. The monoisotopic (exact) mass is 533 g/mol. The van der Waals surface area contributed by atoms with Crippen molar-refractivity contribution in [3.05, 3.63) is 84.4 Å². The maximum Gasteiger partial charge on any atom is 0.412 e. The molecule has 3 aromatic carbocycles. The Morgan fingerprint density at radius 2 is 1.82 bits per heavy atom. The molecule has 2 atom stereocenters. The topological polar surface area (TPSA) is 141 Å². The lowest BCUT2D eigenvalue weighted by molar-refractivity contribution is -0.111. The lowest BCUT2D eigenvalue weighted by Gasteiger charge is -2.27. The van der Waals surface area contributed by atoms with Crippen LogP contribution in [0.25, 0.3) is 0 Å². The average Bonchev–Trinajstić information content (AvgIpc) is 3.39. The van der Waals surface area contributed by atoms with Gasteiger partial charge in [-0.3, -0.25) is 10.1 Å². The summed E-state index contributed by atoms with van der Waals surface area (Å²) in [5, 5.41) is 15.2. The van der Waals surface area contributed by atoms with E-state index in [4.69, 9.17) is 24.7 Å². The second-order valence-corrected chi connectivity index (χ2v) is 8.66. The summed E-state index contributed by atoms with van der Waals surface area (Å²) in [5.41, 5.74) is 8.02. The van der Waals surface area contributed by atoms with Gasteiger partial charge in [-0.05, 0) is 67.8 Å². The van der Waals surface area contributed by atoms with Crippen molar-refractivity contribution in [3.63, 3.8) is 0 Å². The maximum atomic E-state index is 12.9. The van der Waals surface area contributed by atoms with Gasteiger partial charge in [0.25, 0.3) is 0 Å². The average molecular weight is 534 g/mol. The number of nitrogens with one attached hydrogen (secondary N) is 2. The van der Waals surface area contributed by atoms with Crippen LogP contribution in [0.3, 0.4) is 0 Å². The number of carbonyl (C=O) groups is 2. The van der Waals surface area contributed by atoms with Gasteiger partial charge in [0.2, 0.25) is 12.7 Å². The van der Waals surface area contributed by atoms with E-state index >= 15 is 0 Å². The number of amides is 2. The molecule has 0 unspecified atom stereocenters. The highest BCUT2D eigenvalue weighted by Gasteiger charge is 2.28. The number of aromatic hydroxyl groups is 1. The van der Waals surface area contributed by atoms with Crippen molar-refractivity contribution in [2.45, 2.75) is 32.0 Å². The van der Waals surface area contributed by atoms with Gasteiger partial charge in [0, 0.05) is 18.4 Å². The first-order valence-electron chi connectivity index (χ1n) is 12.5. The van der Waals surface area contributed by atoms with Gasteiger partial charge in [-0.2, -0.15) is 0 Å². The van der Waals surface area contributed by atoms with Crippen molar-refractivity contribution < 1.29 is 33.6 Å². The highest BCUT2D eigenvalue weighted by molar-refractivity contribution is 6.01. The minimum absolute atomic E-state index is 0.0864. The molecule has 39 heavy (non-hydrogen) atoms. The number of fused-ring (bicyclic) bond motifs is 1. The number of rotatable bonds is 11. The molecule has 204 valence electrons. The Hall–Kier alpha value is -4.70. The summed E-state index contributed by atoms with van der Waals surface area (Å²) in [6, 6.07) is 18.4. The molecule has 5 N–H and O–H groups in total. The van der Waals surface area contributed by atoms with Crippen LogP contribution in [-0.2, 0) is 14.3 Å². The molecular weight excluding hydrogens is 502 g/mol. The third-order valence-corrected chi connectivity index (χ3v) is 5.90. The summed E-state index contributed by atoms with van der Waals surface area (Å²) in [4.78, 5) is 25.2. The summed E-state index contributed by atoms with van der Waals surface area (Å²) in [6.07, 6.45) is 2.08. The van der Waals surface area contributed by atoms with E-state index in [0.717, 1.165) is 0 Å². The maximum absolute atomic E-state index is 12.9. The Labute approximate surface area is 226 Å². The second kappa shape index (κ2) is 13.2. The number of carbonyl (C=O) groups excluding carboxylic acids is 2. The van der Waals surface area contributed by atoms with Crippen LogP contribution in [0.1, 0.15) is 31.4 Å². The largest absolute Gasteiger partial charge is 0.508 e. The van der Waals surface area contributed by atoms with Crippen LogP contribution in [-0.4, -0.2) is 36.6 Å². The van der Waals surface area contributed by atoms with Gasteiger partial charge in [-0.1, -0.05) is 30.3 Å². The SMILES string of the molecule is CCO[C@H](CC/C=C/C(=O)Nc1ccccc1N)[C@H](OC(=O)Nc1ccc2c(c1)OCO2)c1ccc(O)cc1. The first kappa shape index (κ1) is 27.3. The predicted octanol–water partition coefficient (Wildman–Crippen LogP) is 5.37. The van der Waals surface area contributed by atoms with Crippen LogP contribution >= 0.6 is 0 Å². The van der Waals surface area contributed by atoms with Gasteiger partial charge >= 0.3 is 6.09 Å². The molecule has 2 amide bonds. The molecule has 10 heteroatoms. The second-order valence-electron chi connectivity index (χ2n) is 8.66. The fourth-order valence-electron chi connectivity index (χ4n) is 4.03. The zero-order valence-electron chi connectivity index (χ0n) is 21.5. The number of ether oxygens (including phenoxy) is 4. The molecular formula is C29H31N3O7. The van der Waals surface area contributed by atoms with Gasteiger partial charge in [0.15, 0.2) is 17.6 Å². The van der Waals surface area contributed by atoms with Crippen molar-refractivity contribution in [3.8, 4) is 17.2 Å². The van der Waals surface area contributed by atoms with E-state index in [2.05, 4.69) is 10.6 Å². The van der Waals surface area contributed by atoms with E-state index in [-0.39, 0.29) is 18.4 Å². The first-order valence-corrected chi connectivity index (χ1v) is 12.5. The number of nitrogens with two attached hydrogens (primary N) is 1. The van der Waals surface area contributed by atoms with Gasteiger partial charge in [-0.25, -0.2) is 4.79 Å². The van der Waals surface area contributed by atoms with Gasteiger partial charge < -0.3 is 35.1 Å². The lowest BCUT2D eigenvalue weighted by atomic mass is 10.00. The molecule has 4 rings (SSSR count). The molecule has 1 aliphatic heterocycles. The predicted molar refractivity (Wildman–Crippen MR) is 147 cm³/mol. The summed E-state index contributed by atoms with van der Waals surface area (Å²) < 4.78 is 22.5. The molecule has 10 nitrogen and oxygen atoms in total. The number of benzene rings is 3.